The molecule has 2 heterocycles. The number of fused-ring (bicyclic) bond motifs is 2. The van der Waals surface area contributed by atoms with Crippen LogP contribution in [0, 0.1) is 18.3 Å². The summed E-state index contributed by atoms with van der Waals surface area (Å²) >= 11 is 0. The van der Waals surface area contributed by atoms with Crippen LogP contribution < -0.4 is 0 Å². The topological polar surface area (TPSA) is 94.7 Å². The molecule has 2 aromatic heterocycles. The van der Waals surface area contributed by atoms with Crippen molar-refractivity contribution in [2.24, 2.45) is 0 Å². The van der Waals surface area contributed by atoms with Crippen LogP contribution in [-0.2, 0) is 11.3 Å². The average molecular weight is 356 g/mol. The van der Waals surface area contributed by atoms with Gasteiger partial charge in [-0.2, -0.15) is 5.26 Å². The average Bonchev–Trinajstić information content (AvgIpc) is 3.20. The maximum Gasteiger partial charge on any atom is 0.323 e. The van der Waals surface area contributed by atoms with Gasteiger partial charge in [0.15, 0.2) is 0 Å². The number of aliphatic carboxylic acids is 1. The number of carbonyl (C=O) groups is 1. The number of carboxylic acid groups (broad SMARTS) is 1. The van der Waals surface area contributed by atoms with Gasteiger partial charge in [-0.25, -0.2) is 4.98 Å². The molecule has 132 valence electrons. The Morgan fingerprint density at radius 1 is 1.33 bits per heavy atom. The second kappa shape index (κ2) is 6.46. The molecule has 4 rings (SSSR count). The van der Waals surface area contributed by atoms with E-state index in [1.807, 2.05) is 49.4 Å². The molecule has 0 aliphatic heterocycles. The zero-order valence-corrected chi connectivity index (χ0v) is 14.6. The normalized spacial score (nSPS) is 11.8. The summed E-state index contributed by atoms with van der Waals surface area (Å²) < 4.78 is 1.67. The number of nitrogens with zero attached hydrogens (tertiary/aromatic N) is 3. The lowest BCUT2D eigenvalue weighted by molar-refractivity contribution is -0.137. The number of hydrogen-bond donors (Lipinski definition) is 2. The number of para-hydroxylation sites is 1. The van der Waals surface area contributed by atoms with Gasteiger partial charge in [0, 0.05) is 22.7 Å². The van der Waals surface area contributed by atoms with Crippen molar-refractivity contribution in [3.8, 4) is 6.07 Å². The smallest absolute Gasteiger partial charge is 0.323 e. The highest BCUT2D eigenvalue weighted by Crippen LogP contribution is 2.26. The SMILES string of the molecule is Cc1ccc2nc(C(C#N)=Cc3cn(CC(=O)O)c4ccccc34)[nH]c2c1. The molecule has 0 radical (unpaired) electrons. The molecule has 0 unspecified atom stereocenters. The first kappa shape index (κ1) is 16.6. The van der Waals surface area contributed by atoms with E-state index in [0.29, 0.717) is 11.4 Å². The fourth-order valence-electron chi connectivity index (χ4n) is 3.23. The number of imidazole rings is 1. The molecule has 0 aliphatic rings. The minimum absolute atomic E-state index is 0.139. The van der Waals surface area contributed by atoms with Gasteiger partial charge in [0.2, 0.25) is 0 Å². The number of nitrogens with one attached hydrogen (secondary N) is 1. The molecular formula is C21H16N4O2. The Hall–Kier alpha value is -3.85. The van der Waals surface area contributed by atoms with Gasteiger partial charge in [-0.3, -0.25) is 4.79 Å². The second-order valence-corrected chi connectivity index (χ2v) is 6.40. The molecule has 2 aromatic carbocycles. The molecule has 6 nitrogen and oxygen atoms in total. The maximum absolute atomic E-state index is 11.1. The molecule has 4 aromatic rings. The van der Waals surface area contributed by atoms with Gasteiger partial charge in [-0.05, 0) is 36.8 Å². The van der Waals surface area contributed by atoms with E-state index in [1.165, 1.54) is 0 Å². The number of rotatable bonds is 4. The molecule has 0 aliphatic carbocycles. The van der Waals surface area contributed by atoms with E-state index in [1.54, 1.807) is 16.8 Å². The van der Waals surface area contributed by atoms with E-state index in [-0.39, 0.29) is 6.54 Å². The lowest BCUT2D eigenvalue weighted by Gasteiger charge is -1.99. The van der Waals surface area contributed by atoms with Crippen molar-refractivity contribution in [1.29, 1.82) is 5.26 Å². The fraction of sp³-hybridized carbons (Fsp3) is 0.0952. The largest absolute Gasteiger partial charge is 0.480 e. The quantitative estimate of drug-likeness (QED) is 0.541. The minimum atomic E-state index is -0.917. The third-order valence-electron chi connectivity index (χ3n) is 4.44. The summed E-state index contributed by atoms with van der Waals surface area (Å²) in [6.07, 6.45) is 3.49. The molecule has 0 amide bonds. The minimum Gasteiger partial charge on any atom is -0.480 e. The van der Waals surface area contributed by atoms with Crippen LogP contribution in [0.15, 0.2) is 48.7 Å². The summed E-state index contributed by atoms with van der Waals surface area (Å²) in [5.41, 5.74) is 4.76. The van der Waals surface area contributed by atoms with Gasteiger partial charge in [-0.1, -0.05) is 24.3 Å². The highest BCUT2D eigenvalue weighted by atomic mass is 16.4. The molecule has 0 spiro atoms. The van der Waals surface area contributed by atoms with Crippen molar-refractivity contribution in [3.63, 3.8) is 0 Å². The molecule has 0 fully saturated rings. The summed E-state index contributed by atoms with van der Waals surface area (Å²) in [5, 5.41) is 19.7. The summed E-state index contributed by atoms with van der Waals surface area (Å²) in [4.78, 5) is 18.8. The van der Waals surface area contributed by atoms with Gasteiger partial charge in [0.25, 0.3) is 0 Å². The molecule has 0 bridgehead atoms. The maximum atomic E-state index is 11.1. The van der Waals surface area contributed by atoms with Crippen molar-refractivity contribution in [3.05, 3.63) is 65.6 Å². The van der Waals surface area contributed by atoms with E-state index in [4.69, 9.17) is 5.11 Å². The number of carboxylic acids is 1. The van der Waals surface area contributed by atoms with Gasteiger partial charge in [0.05, 0.1) is 16.6 Å². The third-order valence-corrected chi connectivity index (χ3v) is 4.44. The van der Waals surface area contributed by atoms with E-state index >= 15 is 0 Å². The zero-order chi connectivity index (χ0) is 19.0. The summed E-state index contributed by atoms with van der Waals surface area (Å²) in [5.74, 6) is -0.424. The lowest BCUT2D eigenvalue weighted by atomic mass is 10.1. The molecule has 0 atom stereocenters. The molecule has 0 saturated carbocycles. The number of aromatic amines is 1. The Morgan fingerprint density at radius 3 is 2.93 bits per heavy atom. The van der Waals surface area contributed by atoms with Crippen LogP contribution in [0.25, 0.3) is 33.6 Å². The predicted molar refractivity (Wildman–Crippen MR) is 104 cm³/mol. The van der Waals surface area contributed by atoms with E-state index in [2.05, 4.69) is 16.0 Å². The van der Waals surface area contributed by atoms with Crippen LogP contribution in [0.1, 0.15) is 17.0 Å². The lowest BCUT2D eigenvalue weighted by Crippen LogP contribution is -2.07. The molecule has 0 saturated heterocycles. The highest BCUT2D eigenvalue weighted by Gasteiger charge is 2.12. The number of aromatic nitrogens is 3. The van der Waals surface area contributed by atoms with Crippen LogP contribution in [0.4, 0.5) is 0 Å². The molecule has 27 heavy (non-hydrogen) atoms. The van der Waals surface area contributed by atoms with Crippen LogP contribution in [0.3, 0.4) is 0 Å². The first-order valence-corrected chi connectivity index (χ1v) is 8.43. The first-order chi connectivity index (χ1) is 13.0. The van der Waals surface area contributed by atoms with Crippen LogP contribution in [0.2, 0.25) is 0 Å². The number of allylic oxidation sites excluding steroid dienone is 1. The monoisotopic (exact) mass is 356 g/mol. The molecule has 6 heteroatoms. The van der Waals surface area contributed by atoms with Crippen molar-refractivity contribution in [2.75, 3.05) is 0 Å². The van der Waals surface area contributed by atoms with Crippen molar-refractivity contribution < 1.29 is 9.90 Å². The summed E-state index contributed by atoms with van der Waals surface area (Å²) in [6, 6.07) is 15.6. The van der Waals surface area contributed by atoms with Gasteiger partial charge in [0.1, 0.15) is 18.4 Å². The first-order valence-electron chi connectivity index (χ1n) is 8.43. The second-order valence-electron chi connectivity index (χ2n) is 6.40. The van der Waals surface area contributed by atoms with Gasteiger partial charge >= 0.3 is 5.97 Å². The van der Waals surface area contributed by atoms with Crippen LogP contribution in [0.5, 0.6) is 0 Å². The predicted octanol–water partition coefficient (Wildman–Crippen LogP) is 3.97. The standard InChI is InChI=1S/C21H16N4O2/c1-13-6-7-17-18(8-13)24-21(23-17)14(10-22)9-15-11-25(12-20(26)27)19-5-3-2-4-16(15)19/h2-9,11H,12H2,1H3,(H,23,24)(H,26,27). The summed E-state index contributed by atoms with van der Waals surface area (Å²) in [6.45, 7) is 1.86. The van der Waals surface area contributed by atoms with E-state index < -0.39 is 5.97 Å². The van der Waals surface area contributed by atoms with E-state index in [9.17, 15) is 10.1 Å². The Balaban J connectivity index is 1.85. The Morgan fingerprint density at radius 2 is 2.15 bits per heavy atom. The molecule has 2 N–H and O–H groups in total. The fourth-order valence-corrected chi connectivity index (χ4v) is 3.23. The zero-order valence-electron chi connectivity index (χ0n) is 14.6. The number of nitriles is 1. The van der Waals surface area contributed by atoms with Crippen molar-refractivity contribution in [1.82, 2.24) is 14.5 Å². The number of aryl methyl sites for hydroxylation is 1. The number of benzene rings is 2. The Bertz CT molecular complexity index is 1250. The highest BCUT2D eigenvalue weighted by molar-refractivity contribution is 5.98. The third kappa shape index (κ3) is 3.07. The number of hydrogen-bond acceptors (Lipinski definition) is 3. The number of H-pyrrole nitrogens is 1. The van der Waals surface area contributed by atoms with Gasteiger partial charge < -0.3 is 14.7 Å². The van der Waals surface area contributed by atoms with Crippen LogP contribution >= 0.6 is 0 Å². The van der Waals surface area contributed by atoms with Crippen molar-refractivity contribution in [2.45, 2.75) is 13.5 Å². The molecular weight excluding hydrogens is 340 g/mol. The van der Waals surface area contributed by atoms with Crippen LogP contribution in [-0.4, -0.2) is 25.6 Å². The summed E-state index contributed by atoms with van der Waals surface area (Å²) in [7, 11) is 0. The van der Waals surface area contributed by atoms with Crippen molar-refractivity contribution >= 4 is 39.6 Å². The van der Waals surface area contributed by atoms with Gasteiger partial charge in [-0.15, -0.1) is 0 Å². The Labute approximate surface area is 155 Å². The van der Waals surface area contributed by atoms with E-state index in [0.717, 1.165) is 33.1 Å². The Kier molecular flexibility index (Phi) is 3.98.